The molecule has 2 aromatic carbocycles. The van der Waals surface area contributed by atoms with E-state index in [4.69, 9.17) is 16.3 Å². The van der Waals surface area contributed by atoms with E-state index in [9.17, 15) is 30.8 Å². The molecule has 0 N–H and O–H groups in total. The first-order valence-electron chi connectivity index (χ1n) is 10.9. The van der Waals surface area contributed by atoms with E-state index < -0.39 is 33.4 Å². The summed E-state index contributed by atoms with van der Waals surface area (Å²) in [5.74, 6) is -1.30. The smallest absolute Gasteiger partial charge is 0.490 e. The van der Waals surface area contributed by atoms with Crippen LogP contribution in [0.1, 0.15) is 20.3 Å². The van der Waals surface area contributed by atoms with E-state index in [1.54, 1.807) is 18.7 Å². The molecule has 36 heavy (non-hydrogen) atoms. The van der Waals surface area contributed by atoms with Crippen molar-refractivity contribution in [1.82, 2.24) is 9.21 Å². The zero-order valence-electron chi connectivity index (χ0n) is 19.5. The van der Waals surface area contributed by atoms with E-state index in [0.717, 1.165) is 30.3 Å². The highest BCUT2D eigenvalue weighted by Gasteiger charge is 2.36. The monoisotopic (exact) mass is 552 g/mol. The number of hydrogen-bond acceptors (Lipinski definition) is 5. The number of halogens is 5. The van der Waals surface area contributed by atoms with E-state index in [2.05, 4.69) is 4.74 Å². The standard InChI is InChI=1S/C23H25ClF4N2O5S/c1-22(2,9-14-34-20-8-3-16(24)15-19(20)25)21(31)29-10-12-30(13-11-29)36(32,33)18-6-4-17(5-7-18)35-23(26,27)28/h3-8,15H,9-14H2,1-2H3. The van der Waals surface area contributed by atoms with E-state index in [-0.39, 0.29) is 54.4 Å². The minimum atomic E-state index is -4.88. The molecule has 1 fully saturated rings. The SMILES string of the molecule is CC(C)(CCOc1ccc(Cl)cc1F)C(=O)N1CCN(S(=O)(=O)c2ccc(OC(F)(F)F)cc2)CC1. The number of ether oxygens (including phenoxy) is 2. The van der Waals surface area contributed by atoms with Crippen LogP contribution < -0.4 is 9.47 Å². The number of piperazine rings is 1. The lowest BCUT2D eigenvalue weighted by atomic mass is 9.87. The average Bonchev–Trinajstić information content (AvgIpc) is 2.79. The summed E-state index contributed by atoms with van der Waals surface area (Å²) in [6.07, 6.45) is -4.59. The van der Waals surface area contributed by atoms with Crippen LogP contribution in [0.15, 0.2) is 47.4 Å². The Hall–Kier alpha value is -2.57. The van der Waals surface area contributed by atoms with Crippen LogP contribution in [0.5, 0.6) is 11.5 Å². The van der Waals surface area contributed by atoms with Crippen molar-refractivity contribution >= 4 is 27.5 Å². The van der Waals surface area contributed by atoms with Gasteiger partial charge in [-0.1, -0.05) is 25.4 Å². The second kappa shape index (κ2) is 10.8. The molecular formula is C23H25ClF4N2O5S. The first-order valence-corrected chi connectivity index (χ1v) is 12.7. The minimum absolute atomic E-state index is 0.0252. The fraction of sp³-hybridized carbons (Fsp3) is 0.435. The van der Waals surface area contributed by atoms with E-state index in [1.165, 1.54) is 16.4 Å². The van der Waals surface area contributed by atoms with Crippen LogP contribution in [0.3, 0.4) is 0 Å². The highest BCUT2D eigenvalue weighted by Crippen LogP contribution is 2.28. The highest BCUT2D eigenvalue weighted by atomic mass is 35.5. The van der Waals surface area contributed by atoms with Gasteiger partial charge in [-0.15, -0.1) is 13.2 Å². The molecule has 0 saturated carbocycles. The van der Waals surface area contributed by atoms with Gasteiger partial charge < -0.3 is 14.4 Å². The Balaban J connectivity index is 1.54. The number of hydrogen-bond donors (Lipinski definition) is 0. The molecule has 0 unspecified atom stereocenters. The molecule has 3 rings (SSSR count). The van der Waals surface area contributed by atoms with Gasteiger partial charge in [0.25, 0.3) is 0 Å². The van der Waals surface area contributed by atoms with Crippen molar-refractivity contribution in [1.29, 1.82) is 0 Å². The molecule has 0 spiro atoms. The zero-order chi connectivity index (χ0) is 26.7. The van der Waals surface area contributed by atoms with Crippen LogP contribution in [0, 0.1) is 11.2 Å². The summed E-state index contributed by atoms with van der Waals surface area (Å²) in [6.45, 7) is 3.87. The Morgan fingerprint density at radius 2 is 1.64 bits per heavy atom. The Bertz CT molecular complexity index is 1180. The van der Waals surface area contributed by atoms with E-state index in [1.807, 2.05) is 0 Å². The van der Waals surface area contributed by atoms with Gasteiger partial charge in [-0.3, -0.25) is 4.79 Å². The Kier molecular flexibility index (Phi) is 8.41. The quantitative estimate of drug-likeness (QED) is 0.444. The summed E-state index contributed by atoms with van der Waals surface area (Å²) in [5, 5.41) is 0.240. The number of rotatable bonds is 8. The van der Waals surface area contributed by atoms with Gasteiger partial charge in [0.2, 0.25) is 15.9 Å². The van der Waals surface area contributed by atoms with Gasteiger partial charge in [0.05, 0.1) is 11.5 Å². The zero-order valence-corrected chi connectivity index (χ0v) is 21.1. The second-order valence-corrected chi connectivity index (χ2v) is 11.1. The molecule has 0 atom stereocenters. The average molecular weight is 553 g/mol. The van der Waals surface area contributed by atoms with Crippen LogP contribution in [0.2, 0.25) is 5.02 Å². The molecular weight excluding hydrogens is 528 g/mol. The van der Waals surface area contributed by atoms with Gasteiger partial charge in [-0.25, -0.2) is 12.8 Å². The van der Waals surface area contributed by atoms with Gasteiger partial charge in [-0.05, 0) is 48.9 Å². The van der Waals surface area contributed by atoms with Gasteiger partial charge in [0, 0.05) is 36.6 Å². The summed E-state index contributed by atoms with van der Waals surface area (Å²) in [5.41, 5.74) is -0.849. The molecule has 0 bridgehead atoms. The number of carbonyl (C=O) groups excluding carboxylic acids is 1. The third kappa shape index (κ3) is 7.01. The number of benzene rings is 2. The van der Waals surface area contributed by atoms with Gasteiger partial charge in [0.1, 0.15) is 5.75 Å². The number of alkyl halides is 3. The molecule has 0 radical (unpaired) electrons. The first-order chi connectivity index (χ1) is 16.7. The summed E-state index contributed by atoms with van der Waals surface area (Å²) in [7, 11) is -3.97. The Morgan fingerprint density at radius 3 is 2.19 bits per heavy atom. The third-order valence-corrected chi connectivity index (χ3v) is 7.83. The fourth-order valence-electron chi connectivity index (χ4n) is 3.64. The fourth-order valence-corrected chi connectivity index (χ4v) is 5.22. The molecule has 1 heterocycles. The molecule has 1 amide bonds. The Labute approximate surface area is 211 Å². The topological polar surface area (TPSA) is 76.2 Å². The lowest BCUT2D eigenvalue weighted by molar-refractivity contribution is -0.274. The predicted octanol–water partition coefficient (Wildman–Crippen LogP) is 4.71. The maximum absolute atomic E-state index is 13.9. The van der Waals surface area contributed by atoms with Gasteiger partial charge in [-0.2, -0.15) is 4.31 Å². The number of sulfonamides is 1. The van der Waals surface area contributed by atoms with Crippen molar-refractivity contribution < 1.29 is 40.2 Å². The van der Waals surface area contributed by atoms with Crippen molar-refractivity contribution in [3.05, 3.63) is 53.3 Å². The van der Waals surface area contributed by atoms with Crippen LogP contribution in [-0.2, 0) is 14.8 Å². The molecule has 2 aromatic rings. The van der Waals surface area contributed by atoms with Crippen molar-refractivity contribution in [3.8, 4) is 11.5 Å². The largest absolute Gasteiger partial charge is 0.573 e. The van der Waals surface area contributed by atoms with Crippen LogP contribution in [0.25, 0.3) is 0 Å². The van der Waals surface area contributed by atoms with Gasteiger partial charge in [0.15, 0.2) is 11.6 Å². The third-order valence-electron chi connectivity index (χ3n) is 5.68. The lowest BCUT2D eigenvalue weighted by Gasteiger charge is -2.38. The maximum Gasteiger partial charge on any atom is 0.573 e. The van der Waals surface area contributed by atoms with Crippen LogP contribution >= 0.6 is 11.6 Å². The normalized spacial score (nSPS) is 15.6. The van der Waals surface area contributed by atoms with Crippen molar-refractivity contribution in [3.63, 3.8) is 0 Å². The molecule has 7 nitrogen and oxygen atoms in total. The number of nitrogens with zero attached hydrogens (tertiary/aromatic N) is 2. The van der Waals surface area contributed by atoms with Crippen molar-refractivity contribution in [2.24, 2.45) is 5.41 Å². The van der Waals surface area contributed by atoms with Gasteiger partial charge >= 0.3 is 6.36 Å². The molecule has 1 aliphatic rings. The molecule has 13 heteroatoms. The van der Waals surface area contributed by atoms with E-state index >= 15 is 0 Å². The van der Waals surface area contributed by atoms with Crippen molar-refractivity contribution in [2.75, 3.05) is 32.8 Å². The number of carbonyl (C=O) groups is 1. The summed E-state index contributed by atoms with van der Waals surface area (Å²) >= 11 is 5.72. The molecule has 0 aliphatic carbocycles. The predicted molar refractivity (Wildman–Crippen MR) is 124 cm³/mol. The molecule has 0 aromatic heterocycles. The summed E-state index contributed by atoms with van der Waals surface area (Å²) in [6, 6.07) is 7.98. The number of amides is 1. The van der Waals surface area contributed by atoms with E-state index in [0.29, 0.717) is 6.42 Å². The maximum atomic E-state index is 13.9. The summed E-state index contributed by atoms with van der Waals surface area (Å²) < 4.78 is 87.0. The van der Waals surface area contributed by atoms with Crippen LogP contribution in [0.4, 0.5) is 17.6 Å². The molecule has 1 saturated heterocycles. The molecule has 1 aliphatic heterocycles. The van der Waals surface area contributed by atoms with Crippen LogP contribution in [-0.4, -0.2) is 62.7 Å². The molecule has 198 valence electrons. The lowest BCUT2D eigenvalue weighted by Crippen LogP contribution is -2.53. The van der Waals surface area contributed by atoms with Crippen molar-refractivity contribution in [2.45, 2.75) is 31.5 Å². The minimum Gasteiger partial charge on any atom is -0.490 e. The Morgan fingerprint density at radius 1 is 1.03 bits per heavy atom. The second-order valence-electron chi connectivity index (χ2n) is 8.77. The summed E-state index contributed by atoms with van der Waals surface area (Å²) in [4.78, 5) is 14.4. The first kappa shape index (κ1) is 28.0. The highest BCUT2D eigenvalue weighted by molar-refractivity contribution is 7.89.